The van der Waals surface area contributed by atoms with Gasteiger partial charge in [0.1, 0.15) is 0 Å². The van der Waals surface area contributed by atoms with Gasteiger partial charge in [0, 0.05) is 0 Å². The van der Waals surface area contributed by atoms with E-state index in [0.717, 1.165) is 35.5 Å². The van der Waals surface area contributed by atoms with Gasteiger partial charge in [-0.1, -0.05) is 112 Å². The van der Waals surface area contributed by atoms with Crippen LogP contribution in [0.25, 0.3) is 0 Å². The van der Waals surface area contributed by atoms with Gasteiger partial charge in [-0.25, -0.2) is 0 Å². The van der Waals surface area contributed by atoms with Gasteiger partial charge in [0.25, 0.3) is 0 Å². The second-order valence-electron chi connectivity index (χ2n) is 9.51. The van der Waals surface area contributed by atoms with Crippen molar-refractivity contribution in [2.24, 2.45) is 35.5 Å². The summed E-state index contributed by atoms with van der Waals surface area (Å²) < 4.78 is 0. The molecule has 0 rings (SSSR count). The number of rotatable bonds is 4. The zero-order valence-electron chi connectivity index (χ0n) is 18.9. The van der Waals surface area contributed by atoms with Gasteiger partial charge in [-0.3, -0.25) is 0 Å². The summed E-state index contributed by atoms with van der Waals surface area (Å²) in [6, 6.07) is 0. The van der Waals surface area contributed by atoms with Crippen LogP contribution in [0.4, 0.5) is 0 Å². The van der Waals surface area contributed by atoms with Crippen LogP contribution in [0.2, 0.25) is 0 Å². The van der Waals surface area contributed by atoms with Gasteiger partial charge in [0.2, 0.25) is 0 Å². The molecule has 0 aliphatic carbocycles. The minimum atomic E-state index is 0. The lowest BCUT2D eigenvalue weighted by Crippen LogP contribution is -1.93. The van der Waals surface area contributed by atoms with E-state index in [1.165, 1.54) is 12.8 Å². The normalized spacial score (nSPS) is 9.50. The molecule has 0 saturated carbocycles. The zero-order valence-corrected chi connectivity index (χ0v) is 18.9. The summed E-state index contributed by atoms with van der Waals surface area (Å²) in [6.07, 6.45) is 2.72. The second kappa shape index (κ2) is 27.8. The maximum Gasteiger partial charge on any atom is -0.0469 e. The van der Waals surface area contributed by atoms with E-state index < -0.39 is 0 Å². The molecule has 0 aromatic heterocycles. The van der Waals surface area contributed by atoms with Crippen molar-refractivity contribution in [2.45, 2.75) is 125 Å². The molecule has 0 radical (unpaired) electrons. The van der Waals surface area contributed by atoms with Crippen LogP contribution in [0.1, 0.15) is 125 Å². The molecule has 0 atom stereocenters. The Bertz CT molecular complexity index is 123. The van der Waals surface area contributed by atoms with Gasteiger partial charge < -0.3 is 0 Å². The molecule has 0 amide bonds. The fourth-order valence-corrected chi connectivity index (χ4v) is 1.89. The van der Waals surface area contributed by atoms with Crippen LogP contribution in [0.5, 0.6) is 0 Å². The molecule has 0 spiro atoms. The molecule has 0 aliphatic rings. The van der Waals surface area contributed by atoms with Crippen molar-refractivity contribution in [1.29, 1.82) is 0 Å². The first-order valence-electron chi connectivity index (χ1n) is 9.72. The summed E-state index contributed by atoms with van der Waals surface area (Å²) in [5, 5.41) is 0. The maximum absolute atomic E-state index is 2.26. The first kappa shape index (κ1) is 39.2. The molecule has 0 heterocycles. The minimum Gasteiger partial charge on any atom is -0.0776 e. The molecule has 0 aromatic carbocycles. The van der Waals surface area contributed by atoms with Crippen LogP contribution in [-0.2, 0) is 0 Å². The highest BCUT2D eigenvalue weighted by atomic mass is 14.0. The summed E-state index contributed by atoms with van der Waals surface area (Å²) >= 11 is 0. The molecule has 0 aromatic rings. The van der Waals surface area contributed by atoms with E-state index in [1.54, 1.807) is 0 Å². The average Bonchev–Trinajstić information content (AvgIpc) is 2.10. The second-order valence-corrected chi connectivity index (χ2v) is 9.51. The van der Waals surface area contributed by atoms with Gasteiger partial charge in [-0.2, -0.15) is 0 Å². The Hall–Kier alpha value is 0. The van der Waals surface area contributed by atoms with Gasteiger partial charge in [0.05, 0.1) is 0 Å². The van der Waals surface area contributed by atoms with Crippen molar-refractivity contribution in [1.82, 2.24) is 0 Å². The Kier molecular flexibility index (Phi) is 45.4. The van der Waals surface area contributed by atoms with Crippen LogP contribution in [0.15, 0.2) is 0 Å². The zero-order chi connectivity index (χ0) is 18.9. The molecule has 156 valence electrons. The quantitative estimate of drug-likeness (QED) is 0.474. The highest BCUT2D eigenvalue weighted by Crippen LogP contribution is 2.08. The third-order valence-electron chi connectivity index (χ3n) is 1.89. The lowest BCUT2D eigenvalue weighted by Gasteiger charge is -2.05. The first-order valence-corrected chi connectivity index (χ1v) is 9.72. The summed E-state index contributed by atoms with van der Waals surface area (Å²) in [5.41, 5.74) is 0. The van der Waals surface area contributed by atoms with Crippen molar-refractivity contribution >= 4 is 0 Å². The SMILES string of the molecule is C.C.CC(C)C.CC(C)C.CC(C)CC(C)C.CC(C)CC(C)C. The van der Waals surface area contributed by atoms with Crippen LogP contribution in [-0.4, -0.2) is 0 Å². The van der Waals surface area contributed by atoms with Crippen LogP contribution >= 0.6 is 0 Å². The summed E-state index contributed by atoms with van der Waals surface area (Å²) in [4.78, 5) is 0. The van der Waals surface area contributed by atoms with Gasteiger partial charge in [-0.05, 0) is 48.3 Å². The third-order valence-corrected chi connectivity index (χ3v) is 1.89. The van der Waals surface area contributed by atoms with E-state index in [9.17, 15) is 0 Å². The van der Waals surface area contributed by atoms with Gasteiger partial charge in [-0.15, -0.1) is 0 Å². The molecule has 0 bridgehead atoms. The Morgan fingerprint density at radius 3 is 0.417 bits per heavy atom. The van der Waals surface area contributed by atoms with E-state index in [4.69, 9.17) is 0 Å². The molecule has 24 heavy (non-hydrogen) atoms. The maximum atomic E-state index is 2.26. The number of hydrogen-bond acceptors (Lipinski definition) is 0. The van der Waals surface area contributed by atoms with Gasteiger partial charge >= 0.3 is 0 Å². The Morgan fingerprint density at radius 2 is 0.417 bits per heavy atom. The molecule has 0 nitrogen and oxygen atoms in total. The molecule has 0 heteroatoms. The Balaban J connectivity index is -0.0000000453. The predicted molar refractivity (Wildman–Crippen MR) is 123 cm³/mol. The number of hydrogen-bond donors (Lipinski definition) is 0. The molecule has 0 fully saturated rings. The predicted octanol–water partition coefficient (Wildman–Crippen LogP) is 9.97. The van der Waals surface area contributed by atoms with Crippen molar-refractivity contribution in [3.8, 4) is 0 Å². The van der Waals surface area contributed by atoms with E-state index in [1.807, 2.05) is 0 Å². The van der Waals surface area contributed by atoms with Crippen LogP contribution < -0.4 is 0 Å². The Morgan fingerprint density at radius 1 is 0.333 bits per heavy atom. The summed E-state index contributed by atoms with van der Waals surface area (Å²) in [7, 11) is 0. The summed E-state index contributed by atoms with van der Waals surface area (Å²) in [6.45, 7) is 31.1. The lowest BCUT2D eigenvalue weighted by molar-refractivity contribution is 0.469. The topological polar surface area (TPSA) is 0 Å². The van der Waals surface area contributed by atoms with E-state index in [2.05, 4.69) is 96.9 Å². The Labute approximate surface area is 160 Å². The van der Waals surface area contributed by atoms with E-state index >= 15 is 0 Å². The minimum absolute atomic E-state index is 0. The van der Waals surface area contributed by atoms with Crippen molar-refractivity contribution in [3.63, 3.8) is 0 Å². The van der Waals surface area contributed by atoms with Crippen molar-refractivity contribution in [3.05, 3.63) is 0 Å². The standard InChI is InChI=1S/2C7H16.2C4H10.2CH4/c2*1-6(2)5-7(3)4;2*1-4(2)3;;/h2*6-7H,5H2,1-4H3;2*4H,1-3H3;2*1H4. The molecule has 0 saturated heterocycles. The third kappa shape index (κ3) is 152. The monoisotopic (exact) mass is 348 g/mol. The molecule has 0 N–H and O–H groups in total. The highest BCUT2D eigenvalue weighted by molar-refractivity contribution is 4.48. The van der Waals surface area contributed by atoms with Crippen LogP contribution in [0, 0.1) is 35.5 Å². The van der Waals surface area contributed by atoms with E-state index in [-0.39, 0.29) is 14.9 Å². The fraction of sp³-hybridized carbons (Fsp3) is 1.00. The largest absolute Gasteiger partial charge is 0.0776 e. The highest BCUT2D eigenvalue weighted by Gasteiger charge is 1.96. The van der Waals surface area contributed by atoms with Crippen molar-refractivity contribution < 1.29 is 0 Å². The first-order chi connectivity index (χ1) is 9.72. The molecular formula is C24H60. The summed E-state index contributed by atoms with van der Waals surface area (Å²) in [5.74, 6) is 5.17. The van der Waals surface area contributed by atoms with Crippen molar-refractivity contribution in [2.75, 3.05) is 0 Å². The van der Waals surface area contributed by atoms with Crippen LogP contribution in [0.3, 0.4) is 0 Å². The smallest absolute Gasteiger partial charge is 0.0469 e. The molecule has 0 aliphatic heterocycles. The fourth-order valence-electron chi connectivity index (χ4n) is 1.89. The molecule has 0 unspecified atom stereocenters. The molecular weight excluding hydrogens is 288 g/mol. The lowest BCUT2D eigenvalue weighted by atomic mass is 10.0. The average molecular weight is 349 g/mol. The van der Waals surface area contributed by atoms with Gasteiger partial charge in [0.15, 0.2) is 0 Å². The van der Waals surface area contributed by atoms with E-state index in [0.29, 0.717) is 0 Å².